The molecule has 1 unspecified atom stereocenters. The Kier molecular flexibility index (Phi) is 11.4. The Morgan fingerprint density at radius 1 is 1.02 bits per heavy atom. The number of carbonyl (C=O) groups excluding carboxylic acids is 2. The second kappa shape index (κ2) is 15.8. The first-order valence-electron chi connectivity index (χ1n) is 18.5. The number of ether oxygens (including phenoxy) is 2. The zero-order valence-corrected chi connectivity index (χ0v) is 33.6. The van der Waals surface area contributed by atoms with Crippen LogP contribution in [0.3, 0.4) is 0 Å². The lowest BCUT2D eigenvalue weighted by Crippen LogP contribution is -2.60. The van der Waals surface area contributed by atoms with Crippen molar-refractivity contribution in [2.45, 2.75) is 93.4 Å². The number of halogens is 1. The highest BCUT2D eigenvalue weighted by Gasteiger charge is 2.66. The average Bonchev–Trinajstić information content (AvgIpc) is 3.82. The van der Waals surface area contributed by atoms with Gasteiger partial charge < -0.3 is 50.0 Å². The molecule has 0 radical (unpaired) electrons. The van der Waals surface area contributed by atoms with Crippen LogP contribution in [-0.4, -0.2) is 109 Å². The van der Waals surface area contributed by atoms with Crippen molar-refractivity contribution in [3.63, 3.8) is 0 Å². The second-order valence-electron chi connectivity index (χ2n) is 15.4. The zero-order chi connectivity index (χ0) is 40.1. The van der Waals surface area contributed by atoms with E-state index in [4.69, 9.17) is 9.47 Å². The van der Waals surface area contributed by atoms with Gasteiger partial charge in [0.1, 0.15) is 18.3 Å². The molecule has 298 valence electrons. The Balaban J connectivity index is 1.10. The van der Waals surface area contributed by atoms with Crippen molar-refractivity contribution in [1.29, 1.82) is 0 Å². The van der Waals surface area contributed by atoms with Crippen LogP contribution in [0, 0.1) is 5.92 Å². The summed E-state index contributed by atoms with van der Waals surface area (Å²) < 4.78 is 14.5. The van der Waals surface area contributed by atoms with Crippen molar-refractivity contribution in [3.8, 4) is 0 Å². The molecule has 1 aromatic heterocycles. The highest BCUT2D eigenvalue weighted by Crippen LogP contribution is 2.60. The third-order valence-corrected chi connectivity index (χ3v) is 14.3. The van der Waals surface area contributed by atoms with E-state index in [9.17, 15) is 39.9 Å². The number of hydrogen-bond acceptors (Lipinski definition) is 12. The first kappa shape index (κ1) is 40.3. The summed E-state index contributed by atoms with van der Waals surface area (Å²) in [6.07, 6.45) is -7.00. The van der Waals surface area contributed by atoms with Gasteiger partial charge in [0.15, 0.2) is 26.3 Å². The molecule has 3 aromatic carbocycles. The lowest BCUT2D eigenvalue weighted by atomic mass is 9.82. The number of nitrogens with one attached hydrogen (secondary N) is 1. The van der Waals surface area contributed by atoms with E-state index in [0.29, 0.717) is 35.6 Å². The maximum atomic E-state index is 14.9. The van der Waals surface area contributed by atoms with Gasteiger partial charge in [-0.3, -0.25) is 14.3 Å². The number of aromatic nitrogens is 3. The summed E-state index contributed by atoms with van der Waals surface area (Å²) in [5.74, 6) is -1.80. The van der Waals surface area contributed by atoms with Crippen molar-refractivity contribution < 1.29 is 49.4 Å². The fourth-order valence-electron chi connectivity index (χ4n) is 8.54. The van der Waals surface area contributed by atoms with Gasteiger partial charge in [-0.1, -0.05) is 70.5 Å². The van der Waals surface area contributed by atoms with E-state index >= 15 is 0 Å². The molecule has 56 heavy (non-hydrogen) atoms. The monoisotopic (exact) mass is 851 g/mol. The number of aliphatic hydroxyl groups excluding tert-OH is 5. The molecule has 2 fully saturated rings. The topological polar surface area (TPSA) is 220 Å². The Labute approximate surface area is 332 Å². The lowest BCUT2D eigenvalue weighted by Gasteiger charge is -2.37. The summed E-state index contributed by atoms with van der Waals surface area (Å²) in [4.78, 5) is 41.1. The predicted molar refractivity (Wildman–Crippen MR) is 208 cm³/mol. The molecular formula is C39H46BrN5O10Si. The normalized spacial score (nSPS) is 29.5. The Hall–Kier alpha value is -3.88. The van der Waals surface area contributed by atoms with Gasteiger partial charge in [-0.05, 0) is 61.0 Å². The molecule has 0 saturated carbocycles. The summed E-state index contributed by atoms with van der Waals surface area (Å²) >= 11 is 3.60. The standard InChI is InChI=1S/C39H46BrN5O10Si/c1-21-35(56(2,3)53)30(15-16-44-19-28(42-43-44)26(20-46)23-7-5-4-6-8-23)55-39(21)27-17-24(40)11-14-29(27)45(38(39)52)18-22-9-12-25(13-10-22)41-36(50)34-32(48)31(47)33(49)37(51)54-34/h4-14,17,19,21,26,30-35,37,46-49,51,53H,15-16,18,20H2,1-3H3,(H,41,50)/t21-,26?,30+,31+,32+,33-,34+,35-,37-,39+/m1/s1. The number of carbonyl (C=O) groups is 2. The number of rotatable bonds is 11. The third-order valence-electron chi connectivity index (χ3n) is 11.3. The molecule has 0 bridgehead atoms. The number of hydrogen-bond donors (Lipinski definition) is 7. The highest BCUT2D eigenvalue weighted by atomic mass is 79.9. The molecule has 3 aliphatic heterocycles. The van der Waals surface area contributed by atoms with Crippen LogP contribution in [0.15, 0.2) is 83.5 Å². The minimum atomic E-state index is -2.94. The molecule has 4 heterocycles. The van der Waals surface area contributed by atoms with E-state index in [1.165, 1.54) is 0 Å². The average molecular weight is 853 g/mol. The largest absolute Gasteiger partial charge is 0.432 e. The molecule has 1 spiro atoms. The van der Waals surface area contributed by atoms with Crippen LogP contribution in [0.4, 0.5) is 11.4 Å². The number of anilines is 2. The first-order chi connectivity index (χ1) is 26.6. The smallest absolute Gasteiger partial charge is 0.264 e. The summed E-state index contributed by atoms with van der Waals surface area (Å²) in [5.41, 5.74) is 2.33. The molecule has 10 atom stereocenters. The van der Waals surface area contributed by atoms with Gasteiger partial charge in [0.2, 0.25) is 0 Å². The van der Waals surface area contributed by atoms with E-state index in [0.717, 1.165) is 15.6 Å². The number of aryl methyl sites for hydroxylation is 1. The van der Waals surface area contributed by atoms with E-state index in [-0.39, 0.29) is 36.4 Å². The minimum absolute atomic E-state index is 0.125. The zero-order valence-electron chi connectivity index (χ0n) is 31.0. The first-order valence-corrected chi connectivity index (χ1v) is 22.3. The Bertz CT molecular complexity index is 2050. The van der Waals surface area contributed by atoms with E-state index in [1.807, 2.05) is 74.7 Å². The second-order valence-corrected chi connectivity index (χ2v) is 20.2. The van der Waals surface area contributed by atoms with Crippen molar-refractivity contribution in [1.82, 2.24) is 15.0 Å². The van der Waals surface area contributed by atoms with Crippen molar-refractivity contribution in [3.05, 3.63) is 106 Å². The van der Waals surface area contributed by atoms with Crippen molar-refractivity contribution >= 4 is 47.4 Å². The summed E-state index contributed by atoms with van der Waals surface area (Å²) in [6, 6.07) is 22.0. The predicted octanol–water partition coefficient (Wildman–Crippen LogP) is 2.34. The quantitative estimate of drug-likeness (QED) is 0.108. The molecular weight excluding hydrogens is 806 g/mol. The van der Waals surface area contributed by atoms with Crippen molar-refractivity contribution in [2.75, 3.05) is 16.8 Å². The van der Waals surface area contributed by atoms with Crippen LogP contribution in [0.1, 0.15) is 41.6 Å². The highest BCUT2D eigenvalue weighted by molar-refractivity contribution is 9.10. The molecule has 7 N–H and O–H groups in total. The van der Waals surface area contributed by atoms with Crippen LogP contribution in [-0.2, 0) is 37.8 Å². The van der Waals surface area contributed by atoms with Gasteiger partial charge in [0.25, 0.3) is 11.8 Å². The van der Waals surface area contributed by atoms with Crippen LogP contribution in [0.2, 0.25) is 18.6 Å². The van der Waals surface area contributed by atoms with Crippen LogP contribution in [0.25, 0.3) is 0 Å². The van der Waals surface area contributed by atoms with Crippen LogP contribution in [0.5, 0.6) is 0 Å². The summed E-state index contributed by atoms with van der Waals surface area (Å²) in [5, 5.41) is 61.3. The molecule has 0 aliphatic carbocycles. The van der Waals surface area contributed by atoms with Gasteiger partial charge in [-0.2, -0.15) is 0 Å². The SMILES string of the molecule is C[C@@H]1[C@@H]([Si](C)(C)O)[C@H](CCn2cc(C(CO)c3ccccc3)nn2)O[C@@]12C(=O)N(Cc1ccc(NC(=O)[C@H]3O[C@@H](O)[C@H](O)[C@@H](O)[C@@H]3O)cc1)c1ccc(Br)cc12. The Morgan fingerprint density at radius 2 is 1.73 bits per heavy atom. The molecule has 17 heteroatoms. The van der Waals surface area contributed by atoms with Gasteiger partial charge in [-0.25, -0.2) is 0 Å². The fourth-order valence-corrected chi connectivity index (χ4v) is 11.5. The van der Waals surface area contributed by atoms with Gasteiger partial charge in [0.05, 0.1) is 36.6 Å². The molecule has 2 amide bonds. The molecule has 4 aromatic rings. The van der Waals surface area contributed by atoms with E-state index < -0.39 is 56.6 Å². The van der Waals surface area contributed by atoms with Gasteiger partial charge >= 0.3 is 0 Å². The number of amides is 2. The van der Waals surface area contributed by atoms with Crippen molar-refractivity contribution in [2.24, 2.45) is 5.92 Å². The van der Waals surface area contributed by atoms with Crippen LogP contribution < -0.4 is 10.2 Å². The number of benzene rings is 3. The molecule has 2 saturated heterocycles. The Morgan fingerprint density at radius 3 is 2.41 bits per heavy atom. The third kappa shape index (κ3) is 7.37. The van der Waals surface area contributed by atoms with Crippen LogP contribution >= 0.6 is 15.9 Å². The molecule has 7 rings (SSSR count). The summed E-state index contributed by atoms with van der Waals surface area (Å²) in [6.45, 7) is 6.18. The number of nitrogens with zero attached hydrogens (tertiary/aromatic N) is 4. The maximum absolute atomic E-state index is 14.9. The van der Waals surface area contributed by atoms with E-state index in [2.05, 4.69) is 31.6 Å². The minimum Gasteiger partial charge on any atom is -0.432 e. The lowest BCUT2D eigenvalue weighted by molar-refractivity contribution is -0.274. The fraction of sp³-hybridized carbons (Fsp3) is 0.436. The van der Waals surface area contributed by atoms with Gasteiger partial charge in [-0.15, -0.1) is 5.10 Å². The maximum Gasteiger partial charge on any atom is 0.264 e. The summed E-state index contributed by atoms with van der Waals surface area (Å²) in [7, 11) is -2.94. The van der Waals surface area contributed by atoms with E-state index in [1.54, 1.807) is 33.8 Å². The molecule has 3 aliphatic rings. The number of fused-ring (bicyclic) bond motifs is 2. The molecule has 15 nitrogen and oxygen atoms in total. The van der Waals surface area contributed by atoms with Gasteiger partial charge in [0, 0.05) is 39.9 Å². The number of aliphatic hydroxyl groups is 5.